The van der Waals surface area contributed by atoms with Gasteiger partial charge < -0.3 is 11.1 Å². The number of carbonyl (C=O) groups excluding carboxylic acids is 1. The lowest BCUT2D eigenvalue weighted by atomic mass is 10.2. The van der Waals surface area contributed by atoms with Gasteiger partial charge in [-0.15, -0.1) is 0 Å². The van der Waals surface area contributed by atoms with Gasteiger partial charge in [-0.3, -0.25) is 9.00 Å². The molecule has 2 rings (SSSR count). The zero-order valence-electron chi connectivity index (χ0n) is 11.2. The van der Waals surface area contributed by atoms with E-state index < -0.39 is 10.8 Å². The average molecular weight is 323 g/mol. The highest BCUT2D eigenvalue weighted by molar-refractivity contribution is 7.86. The quantitative estimate of drug-likeness (QED) is 0.830. The molecule has 1 amide bonds. The monoisotopic (exact) mass is 322 g/mol. The predicted octanol–water partition coefficient (Wildman–Crippen LogP) is 2.35. The molecule has 0 aliphatic heterocycles. The van der Waals surface area contributed by atoms with Gasteiger partial charge in [0, 0.05) is 17.3 Å². The fourth-order valence-corrected chi connectivity index (χ4v) is 3.07. The van der Waals surface area contributed by atoms with Gasteiger partial charge in [0.25, 0.3) is 0 Å². The first-order chi connectivity index (χ1) is 10.1. The van der Waals surface area contributed by atoms with Crippen molar-refractivity contribution in [2.75, 3.05) is 11.5 Å². The summed E-state index contributed by atoms with van der Waals surface area (Å²) in [5, 5.41) is 3.17. The van der Waals surface area contributed by atoms with Gasteiger partial charge in [-0.2, -0.15) is 0 Å². The van der Waals surface area contributed by atoms with E-state index in [1.807, 2.05) is 30.3 Å². The average Bonchev–Trinajstić information content (AvgIpc) is 2.48. The summed E-state index contributed by atoms with van der Waals surface area (Å²) in [4.78, 5) is 12.2. The molecule has 0 saturated carbocycles. The molecule has 1 unspecified atom stereocenters. The van der Waals surface area contributed by atoms with Crippen molar-refractivity contribution in [2.24, 2.45) is 0 Å². The fraction of sp³-hybridized carbons (Fsp3) is 0.133. The molecule has 4 nitrogen and oxygen atoms in total. The number of nitrogen functional groups attached to an aromatic ring is 1. The van der Waals surface area contributed by atoms with Crippen LogP contribution in [0.5, 0.6) is 0 Å². The van der Waals surface area contributed by atoms with E-state index in [9.17, 15) is 9.00 Å². The van der Waals surface area contributed by atoms with Crippen LogP contribution >= 0.6 is 11.6 Å². The molecular formula is C15H15ClN2O2S. The molecule has 2 aromatic carbocycles. The zero-order chi connectivity index (χ0) is 15.2. The van der Waals surface area contributed by atoms with Crippen molar-refractivity contribution in [1.82, 2.24) is 5.32 Å². The molecule has 21 heavy (non-hydrogen) atoms. The van der Waals surface area contributed by atoms with Crippen LogP contribution in [-0.4, -0.2) is 15.9 Å². The van der Waals surface area contributed by atoms with Crippen LogP contribution in [0.4, 0.5) is 5.69 Å². The van der Waals surface area contributed by atoms with Crippen molar-refractivity contribution in [3.63, 3.8) is 0 Å². The predicted molar refractivity (Wildman–Crippen MR) is 85.4 cm³/mol. The molecule has 2 aromatic rings. The first kappa shape index (κ1) is 15.5. The van der Waals surface area contributed by atoms with E-state index in [1.165, 1.54) is 6.07 Å². The van der Waals surface area contributed by atoms with Crippen molar-refractivity contribution in [3.05, 3.63) is 59.1 Å². The Labute approximate surface area is 130 Å². The standard InChI is InChI=1S/C15H15ClN2O2S/c16-12-6-7-13(17)14(8-12)21(20)10-15(19)18-9-11-4-2-1-3-5-11/h1-8H,9-10,17H2,(H,18,19). The fourth-order valence-electron chi connectivity index (χ4n) is 1.75. The minimum Gasteiger partial charge on any atom is -0.398 e. The van der Waals surface area contributed by atoms with Gasteiger partial charge in [0.1, 0.15) is 5.75 Å². The molecule has 3 N–H and O–H groups in total. The lowest BCUT2D eigenvalue weighted by molar-refractivity contribution is -0.118. The maximum absolute atomic E-state index is 12.2. The maximum atomic E-state index is 12.2. The van der Waals surface area contributed by atoms with Crippen LogP contribution in [0, 0.1) is 0 Å². The van der Waals surface area contributed by atoms with Gasteiger partial charge in [0.15, 0.2) is 0 Å². The Kier molecular flexibility index (Phi) is 5.36. The Morgan fingerprint density at radius 2 is 1.90 bits per heavy atom. The topological polar surface area (TPSA) is 72.2 Å². The number of hydrogen-bond acceptors (Lipinski definition) is 3. The SMILES string of the molecule is Nc1ccc(Cl)cc1S(=O)CC(=O)NCc1ccccc1. The highest BCUT2D eigenvalue weighted by Crippen LogP contribution is 2.21. The summed E-state index contributed by atoms with van der Waals surface area (Å²) in [5.41, 5.74) is 7.10. The van der Waals surface area contributed by atoms with Crippen molar-refractivity contribution in [1.29, 1.82) is 0 Å². The number of benzene rings is 2. The smallest absolute Gasteiger partial charge is 0.233 e. The summed E-state index contributed by atoms with van der Waals surface area (Å²) in [6.07, 6.45) is 0. The Balaban J connectivity index is 1.93. The first-order valence-corrected chi connectivity index (χ1v) is 8.00. The number of amides is 1. The normalized spacial score (nSPS) is 11.9. The maximum Gasteiger partial charge on any atom is 0.233 e. The van der Waals surface area contributed by atoms with Crippen LogP contribution in [0.3, 0.4) is 0 Å². The summed E-state index contributed by atoms with van der Waals surface area (Å²) in [5.74, 6) is -0.436. The molecule has 0 bridgehead atoms. The Morgan fingerprint density at radius 3 is 2.62 bits per heavy atom. The largest absolute Gasteiger partial charge is 0.398 e. The van der Waals surface area contributed by atoms with Crippen LogP contribution in [0.2, 0.25) is 5.02 Å². The Bertz CT molecular complexity index is 662. The van der Waals surface area contributed by atoms with Crippen LogP contribution in [-0.2, 0) is 22.1 Å². The number of carbonyl (C=O) groups is 1. The molecule has 0 saturated heterocycles. The number of hydrogen-bond donors (Lipinski definition) is 2. The third kappa shape index (κ3) is 4.58. The second kappa shape index (κ2) is 7.24. The number of anilines is 1. The van der Waals surface area contributed by atoms with E-state index in [4.69, 9.17) is 17.3 Å². The summed E-state index contributed by atoms with van der Waals surface area (Å²) in [6.45, 7) is 0.405. The molecule has 110 valence electrons. The van der Waals surface area contributed by atoms with Crippen LogP contribution < -0.4 is 11.1 Å². The van der Waals surface area contributed by atoms with Gasteiger partial charge in [-0.05, 0) is 23.8 Å². The summed E-state index contributed by atoms with van der Waals surface area (Å²) in [6, 6.07) is 14.2. The molecule has 0 spiro atoms. The molecule has 0 aliphatic carbocycles. The van der Waals surface area contributed by atoms with Crippen LogP contribution in [0.15, 0.2) is 53.4 Å². The third-order valence-corrected chi connectivity index (χ3v) is 4.42. The number of nitrogens with one attached hydrogen (secondary N) is 1. The molecule has 0 heterocycles. The molecule has 0 radical (unpaired) electrons. The van der Waals surface area contributed by atoms with E-state index in [0.29, 0.717) is 22.2 Å². The second-order valence-corrected chi connectivity index (χ2v) is 6.29. The van der Waals surface area contributed by atoms with E-state index in [1.54, 1.807) is 12.1 Å². The van der Waals surface area contributed by atoms with Gasteiger partial charge in [0.05, 0.1) is 15.7 Å². The lowest BCUT2D eigenvalue weighted by Gasteiger charge is -2.07. The second-order valence-electron chi connectivity index (χ2n) is 4.43. The number of rotatable bonds is 5. The van der Waals surface area contributed by atoms with Crippen LogP contribution in [0.1, 0.15) is 5.56 Å². The molecule has 1 atom stereocenters. The highest BCUT2D eigenvalue weighted by atomic mass is 35.5. The molecule has 0 aromatic heterocycles. The van der Waals surface area contributed by atoms with Crippen molar-refractivity contribution >= 4 is 34.0 Å². The molecular weight excluding hydrogens is 308 g/mol. The zero-order valence-corrected chi connectivity index (χ0v) is 12.8. The van der Waals surface area contributed by atoms with Gasteiger partial charge in [-0.25, -0.2) is 0 Å². The lowest BCUT2D eigenvalue weighted by Crippen LogP contribution is -2.28. The number of nitrogens with two attached hydrogens (primary N) is 1. The van der Waals surface area contributed by atoms with Crippen molar-refractivity contribution in [3.8, 4) is 0 Å². The molecule has 6 heteroatoms. The molecule has 0 aliphatic rings. The van der Waals surface area contributed by atoms with Crippen molar-refractivity contribution < 1.29 is 9.00 Å². The summed E-state index contributed by atoms with van der Waals surface area (Å²) >= 11 is 5.85. The van der Waals surface area contributed by atoms with Gasteiger partial charge in [0.2, 0.25) is 5.91 Å². The van der Waals surface area contributed by atoms with Gasteiger partial charge >= 0.3 is 0 Å². The first-order valence-electron chi connectivity index (χ1n) is 6.30. The Morgan fingerprint density at radius 1 is 1.19 bits per heavy atom. The van der Waals surface area contributed by atoms with E-state index in [2.05, 4.69) is 5.32 Å². The summed E-state index contributed by atoms with van der Waals surface area (Å²) < 4.78 is 12.2. The molecule has 0 fully saturated rings. The minimum atomic E-state index is -1.51. The Hall–Kier alpha value is -1.85. The number of halogens is 1. The van der Waals surface area contributed by atoms with Crippen molar-refractivity contribution in [2.45, 2.75) is 11.4 Å². The summed E-state index contributed by atoms with van der Waals surface area (Å²) in [7, 11) is -1.51. The highest BCUT2D eigenvalue weighted by Gasteiger charge is 2.13. The van der Waals surface area contributed by atoms with Crippen LogP contribution in [0.25, 0.3) is 0 Å². The minimum absolute atomic E-state index is 0.141. The van der Waals surface area contributed by atoms with E-state index in [-0.39, 0.29) is 11.7 Å². The van der Waals surface area contributed by atoms with E-state index in [0.717, 1.165) is 5.56 Å². The third-order valence-electron chi connectivity index (χ3n) is 2.82. The van der Waals surface area contributed by atoms with E-state index >= 15 is 0 Å². The van der Waals surface area contributed by atoms with Gasteiger partial charge in [-0.1, -0.05) is 41.9 Å².